The molecule has 0 aliphatic carbocycles. The molecule has 0 aromatic heterocycles. The number of ether oxygens (including phenoxy) is 3. The first kappa shape index (κ1) is 21.8. The number of hydrogen-bond acceptors (Lipinski definition) is 4. The molecule has 1 unspecified atom stereocenters. The minimum atomic E-state index is -0.437. The molecular formula is C25H25Cl2NO3. The molecule has 6 heteroatoms. The lowest BCUT2D eigenvalue weighted by Gasteiger charge is -2.32. The lowest BCUT2D eigenvalue weighted by atomic mass is 9.76. The molecule has 0 saturated carbocycles. The average Bonchev–Trinajstić information content (AvgIpc) is 3.07. The Kier molecular flexibility index (Phi) is 6.33. The van der Waals surface area contributed by atoms with Crippen molar-refractivity contribution in [1.29, 1.82) is 0 Å². The first-order valence-corrected chi connectivity index (χ1v) is 10.8. The van der Waals surface area contributed by atoms with Gasteiger partial charge in [0.25, 0.3) is 0 Å². The summed E-state index contributed by atoms with van der Waals surface area (Å²) in [6, 6.07) is 19.9. The SMILES string of the molecule is COCC1(c2ccccc2Cl)CN(Cc2ccc(OC)cc2OC)c2ccc(Cl)cc21. The van der Waals surface area contributed by atoms with Gasteiger partial charge < -0.3 is 19.1 Å². The van der Waals surface area contributed by atoms with Crippen LogP contribution < -0.4 is 14.4 Å². The molecule has 3 aromatic rings. The predicted octanol–water partition coefficient (Wildman–Crippen LogP) is 5.96. The minimum absolute atomic E-state index is 0.437. The molecule has 1 atom stereocenters. The van der Waals surface area contributed by atoms with Crippen LogP contribution in [0.3, 0.4) is 0 Å². The zero-order chi connectivity index (χ0) is 22.0. The van der Waals surface area contributed by atoms with Gasteiger partial charge in [0.15, 0.2) is 0 Å². The summed E-state index contributed by atoms with van der Waals surface area (Å²) in [7, 11) is 5.05. The molecule has 4 rings (SSSR count). The maximum Gasteiger partial charge on any atom is 0.127 e. The van der Waals surface area contributed by atoms with Crippen LogP contribution in [-0.4, -0.2) is 34.5 Å². The van der Waals surface area contributed by atoms with Crippen molar-refractivity contribution in [2.24, 2.45) is 0 Å². The quantitative estimate of drug-likeness (QED) is 0.437. The average molecular weight is 458 g/mol. The van der Waals surface area contributed by atoms with Crippen LogP contribution in [0.25, 0.3) is 0 Å². The lowest BCUT2D eigenvalue weighted by Crippen LogP contribution is -2.38. The number of benzene rings is 3. The van der Waals surface area contributed by atoms with Crippen molar-refractivity contribution in [1.82, 2.24) is 0 Å². The van der Waals surface area contributed by atoms with E-state index in [2.05, 4.69) is 17.0 Å². The Morgan fingerprint density at radius 1 is 0.903 bits per heavy atom. The highest BCUT2D eigenvalue weighted by atomic mass is 35.5. The zero-order valence-corrected chi connectivity index (χ0v) is 19.3. The van der Waals surface area contributed by atoms with Crippen molar-refractivity contribution >= 4 is 28.9 Å². The second-order valence-electron chi connectivity index (χ2n) is 7.69. The van der Waals surface area contributed by atoms with Crippen LogP contribution in [0.2, 0.25) is 10.0 Å². The van der Waals surface area contributed by atoms with E-state index in [4.69, 9.17) is 37.4 Å². The van der Waals surface area contributed by atoms with E-state index >= 15 is 0 Å². The van der Waals surface area contributed by atoms with E-state index in [1.807, 2.05) is 48.5 Å². The molecule has 0 bridgehead atoms. The standard InChI is InChI=1S/C25H25Cl2NO3/c1-29-16-25(20-6-4-5-7-22(20)27)15-28(23-11-9-18(26)12-21(23)25)14-17-8-10-19(30-2)13-24(17)31-3/h4-13H,14-16H2,1-3H3. The first-order valence-electron chi connectivity index (χ1n) is 10.0. The summed E-state index contributed by atoms with van der Waals surface area (Å²) in [6.45, 7) is 1.85. The van der Waals surface area contributed by atoms with Crippen LogP contribution in [0.5, 0.6) is 11.5 Å². The van der Waals surface area contributed by atoms with E-state index < -0.39 is 5.41 Å². The molecule has 4 nitrogen and oxygen atoms in total. The Bertz CT molecular complexity index is 1090. The van der Waals surface area contributed by atoms with Crippen molar-refractivity contribution in [2.45, 2.75) is 12.0 Å². The third-order valence-electron chi connectivity index (χ3n) is 5.91. The molecule has 31 heavy (non-hydrogen) atoms. The van der Waals surface area contributed by atoms with Crippen molar-refractivity contribution in [3.05, 3.63) is 87.4 Å². The molecule has 0 radical (unpaired) electrons. The molecule has 0 saturated heterocycles. The molecule has 0 spiro atoms. The van der Waals surface area contributed by atoms with Gasteiger partial charge in [0.1, 0.15) is 11.5 Å². The summed E-state index contributed by atoms with van der Waals surface area (Å²) in [5.41, 5.74) is 3.89. The van der Waals surface area contributed by atoms with Crippen LogP contribution in [-0.2, 0) is 16.7 Å². The third-order valence-corrected chi connectivity index (χ3v) is 6.48. The molecule has 0 amide bonds. The Morgan fingerprint density at radius 2 is 1.71 bits per heavy atom. The monoisotopic (exact) mass is 457 g/mol. The van der Waals surface area contributed by atoms with E-state index in [1.54, 1.807) is 21.3 Å². The van der Waals surface area contributed by atoms with Gasteiger partial charge in [-0.05, 0) is 47.5 Å². The van der Waals surface area contributed by atoms with Gasteiger partial charge in [0.05, 0.1) is 26.2 Å². The van der Waals surface area contributed by atoms with Gasteiger partial charge in [-0.15, -0.1) is 0 Å². The molecule has 1 heterocycles. The van der Waals surface area contributed by atoms with Crippen LogP contribution >= 0.6 is 23.2 Å². The number of hydrogen-bond donors (Lipinski definition) is 0. The minimum Gasteiger partial charge on any atom is -0.497 e. The van der Waals surface area contributed by atoms with Crippen LogP contribution in [0, 0.1) is 0 Å². The zero-order valence-electron chi connectivity index (χ0n) is 17.8. The van der Waals surface area contributed by atoms with E-state index in [-0.39, 0.29) is 0 Å². The summed E-state index contributed by atoms with van der Waals surface area (Å²) in [6.07, 6.45) is 0. The predicted molar refractivity (Wildman–Crippen MR) is 126 cm³/mol. The number of anilines is 1. The van der Waals surface area contributed by atoms with Crippen molar-refractivity contribution in [3.8, 4) is 11.5 Å². The van der Waals surface area contributed by atoms with E-state index in [0.29, 0.717) is 29.7 Å². The summed E-state index contributed by atoms with van der Waals surface area (Å²) in [5, 5.41) is 1.41. The second-order valence-corrected chi connectivity index (χ2v) is 8.53. The second kappa shape index (κ2) is 8.99. The highest BCUT2D eigenvalue weighted by Gasteiger charge is 2.45. The largest absolute Gasteiger partial charge is 0.497 e. The fourth-order valence-electron chi connectivity index (χ4n) is 4.52. The lowest BCUT2D eigenvalue weighted by molar-refractivity contribution is 0.153. The van der Waals surface area contributed by atoms with Crippen LogP contribution in [0.15, 0.2) is 60.7 Å². The molecule has 162 valence electrons. The Balaban J connectivity index is 1.82. The fraction of sp³-hybridized carbons (Fsp3) is 0.280. The Labute approximate surface area is 193 Å². The number of fused-ring (bicyclic) bond motifs is 1. The Hall–Kier alpha value is -2.40. The summed E-state index contributed by atoms with van der Waals surface area (Å²) in [5.74, 6) is 1.55. The number of halogens is 2. The van der Waals surface area contributed by atoms with Crippen molar-refractivity contribution in [2.75, 3.05) is 39.4 Å². The van der Waals surface area contributed by atoms with Gasteiger partial charge in [-0.2, -0.15) is 0 Å². The molecule has 1 aliphatic rings. The number of methoxy groups -OCH3 is 3. The maximum absolute atomic E-state index is 6.68. The van der Waals surface area contributed by atoms with Gasteiger partial charge in [-0.3, -0.25) is 0 Å². The van der Waals surface area contributed by atoms with Gasteiger partial charge in [0, 0.05) is 47.6 Å². The fourth-order valence-corrected chi connectivity index (χ4v) is 5.01. The molecule has 3 aromatic carbocycles. The van der Waals surface area contributed by atoms with Crippen molar-refractivity contribution < 1.29 is 14.2 Å². The highest BCUT2D eigenvalue weighted by Crippen LogP contribution is 2.49. The topological polar surface area (TPSA) is 30.9 Å². The molecule has 0 fully saturated rings. The first-order chi connectivity index (χ1) is 15.0. The normalized spacial score (nSPS) is 17.5. The molecule has 0 N–H and O–H groups in total. The summed E-state index contributed by atoms with van der Waals surface area (Å²) < 4.78 is 16.7. The third kappa shape index (κ3) is 3.96. The smallest absolute Gasteiger partial charge is 0.127 e. The van der Waals surface area contributed by atoms with Crippen LogP contribution in [0.4, 0.5) is 5.69 Å². The molecular weight excluding hydrogens is 433 g/mol. The number of nitrogens with zero attached hydrogens (tertiary/aromatic N) is 1. The molecule has 1 aliphatic heterocycles. The van der Waals surface area contributed by atoms with E-state index in [1.165, 1.54) is 0 Å². The number of rotatable bonds is 7. The van der Waals surface area contributed by atoms with Gasteiger partial charge in [0.2, 0.25) is 0 Å². The van der Waals surface area contributed by atoms with E-state index in [9.17, 15) is 0 Å². The Morgan fingerprint density at radius 3 is 2.42 bits per heavy atom. The van der Waals surface area contributed by atoms with Gasteiger partial charge in [-0.1, -0.05) is 41.4 Å². The highest BCUT2D eigenvalue weighted by molar-refractivity contribution is 6.31. The van der Waals surface area contributed by atoms with Gasteiger partial charge >= 0.3 is 0 Å². The summed E-state index contributed by atoms with van der Waals surface area (Å²) in [4.78, 5) is 2.33. The van der Waals surface area contributed by atoms with Crippen molar-refractivity contribution in [3.63, 3.8) is 0 Å². The van der Waals surface area contributed by atoms with E-state index in [0.717, 1.165) is 33.9 Å². The van der Waals surface area contributed by atoms with Crippen LogP contribution in [0.1, 0.15) is 16.7 Å². The van der Waals surface area contributed by atoms with Gasteiger partial charge in [-0.25, -0.2) is 0 Å². The maximum atomic E-state index is 6.68. The summed E-state index contributed by atoms with van der Waals surface area (Å²) >= 11 is 13.1.